The first-order valence-corrected chi connectivity index (χ1v) is 6.37. The molecule has 0 saturated carbocycles. The fourth-order valence-corrected chi connectivity index (χ4v) is 1.95. The number of aromatic nitrogens is 5. The molecular formula is C12H14N6O3. The van der Waals surface area contributed by atoms with Gasteiger partial charge in [0.15, 0.2) is 17.2 Å². The van der Waals surface area contributed by atoms with Gasteiger partial charge >= 0.3 is 0 Å². The molecule has 0 amide bonds. The van der Waals surface area contributed by atoms with Gasteiger partial charge in [-0.25, -0.2) is 14.6 Å². The molecule has 0 spiro atoms. The molecule has 3 heterocycles. The summed E-state index contributed by atoms with van der Waals surface area (Å²) < 4.78 is 11.9. The summed E-state index contributed by atoms with van der Waals surface area (Å²) in [5, 5.41) is 16.1. The maximum absolute atomic E-state index is 8.75. The molecular weight excluding hydrogens is 276 g/mol. The van der Waals surface area contributed by atoms with Crippen LogP contribution in [0.25, 0.3) is 17.0 Å². The lowest BCUT2D eigenvalue weighted by atomic mass is 10.2. The molecule has 0 bridgehead atoms. The molecule has 9 heteroatoms. The number of fused-ring (bicyclic) bond motifs is 1. The highest BCUT2D eigenvalue weighted by Gasteiger charge is 2.18. The molecule has 9 nitrogen and oxygen atoms in total. The zero-order chi connectivity index (χ0) is 14.8. The Labute approximate surface area is 119 Å². The molecule has 21 heavy (non-hydrogen) atoms. The first-order valence-electron chi connectivity index (χ1n) is 6.37. The standard InChI is InChI=1S/C12H14N6O3/c1-7-10(11-12(13)17-21-16-11)15-8-5-14-9(6-18(7)8)20-4-2-3-19/h5-6,19H,2-4H2,1H3,(H2,13,17). The fourth-order valence-electron chi connectivity index (χ4n) is 1.95. The second-order valence-electron chi connectivity index (χ2n) is 4.42. The quantitative estimate of drug-likeness (QED) is 0.648. The van der Waals surface area contributed by atoms with Crippen LogP contribution >= 0.6 is 0 Å². The molecule has 3 aromatic rings. The van der Waals surface area contributed by atoms with Crippen molar-refractivity contribution in [3.63, 3.8) is 0 Å². The molecule has 0 aliphatic heterocycles. The minimum atomic E-state index is 0.0783. The van der Waals surface area contributed by atoms with Crippen LogP contribution in [0.3, 0.4) is 0 Å². The van der Waals surface area contributed by atoms with Crippen molar-refractivity contribution in [2.45, 2.75) is 13.3 Å². The zero-order valence-corrected chi connectivity index (χ0v) is 11.4. The summed E-state index contributed by atoms with van der Waals surface area (Å²) in [6.07, 6.45) is 3.87. The third-order valence-electron chi connectivity index (χ3n) is 3.01. The first-order chi connectivity index (χ1) is 10.2. The van der Waals surface area contributed by atoms with E-state index < -0.39 is 0 Å². The van der Waals surface area contributed by atoms with Gasteiger partial charge in [-0.15, -0.1) is 0 Å². The van der Waals surface area contributed by atoms with Gasteiger partial charge in [0.1, 0.15) is 5.69 Å². The Morgan fingerprint density at radius 3 is 2.95 bits per heavy atom. The summed E-state index contributed by atoms with van der Waals surface area (Å²) in [6.45, 7) is 2.35. The summed E-state index contributed by atoms with van der Waals surface area (Å²) >= 11 is 0. The maximum atomic E-state index is 8.75. The molecule has 0 radical (unpaired) electrons. The van der Waals surface area contributed by atoms with Crippen molar-refractivity contribution in [3.8, 4) is 17.3 Å². The van der Waals surface area contributed by atoms with Gasteiger partial charge in [0.2, 0.25) is 5.88 Å². The van der Waals surface area contributed by atoms with E-state index in [2.05, 4.69) is 24.9 Å². The Bertz CT molecular complexity index is 766. The number of rotatable bonds is 5. The largest absolute Gasteiger partial charge is 0.477 e. The summed E-state index contributed by atoms with van der Waals surface area (Å²) in [5.41, 5.74) is 8.14. The number of nitrogens with two attached hydrogens (primary N) is 1. The van der Waals surface area contributed by atoms with Gasteiger partial charge in [0, 0.05) is 18.7 Å². The van der Waals surface area contributed by atoms with Crippen LogP contribution in [0.4, 0.5) is 5.82 Å². The van der Waals surface area contributed by atoms with E-state index in [0.717, 1.165) is 5.69 Å². The number of aryl methyl sites for hydroxylation is 1. The second kappa shape index (κ2) is 5.37. The monoisotopic (exact) mass is 290 g/mol. The van der Waals surface area contributed by atoms with Crippen LogP contribution in [0.15, 0.2) is 17.0 Å². The van der Waals surface area contributed by atoms with Gasteiger partial charge in [-0.1, -0.05) is 0 Å². The minimum absolute atomic E-state index is 0.0783. The minimum Gasteiger partial charge on any atom is -0.477 e. The highest BCUT2D eigenvalue weighted by molar-refractivity contribution is 5.70. The Morgan fingerprint density at radius 2 is 2.24 bits per heavy atom. The van der Waals surface area contributed by atoms with Gasteiger partial charge in [-0.05, 0) is 17.2 Å². The van der Waals surface area contributed by atoms with E-state index >= 15 is 0 Å². The van der Waals surface area contributed by atoms with E-state index in [-0.39, 0.29) is 12.4 Å². The van der Waals surface area contributed by atoms with Gasteiger partial charge in [0.25, 0.3) is 0 Å². The number of aliphatic hydroxyl groups excluding tert-OH is 1. The first kappa shape index (κ1) is 13.3. The number of nitrogen functional groups attached to an aromatic ring is 1. The number of anilines is 1. The van der Waals surface area contributed by atoms with E-state index in [4.69, 9.17) is 15.6 Å². The molecule has 0 unspecified atom stereocenters. The van der Waals surface area contributed by atoms with Crippen molar-refractivity contribution in [1.29, 1.82) is 0 Å². The van der Waals surface area contributed by atoms with E-state index in [1.165, 1.54) is 0 Å². The van der Waals surface area contributed by atoms with Crippen LogP contribution in [0.2, 0.25) is 0 Å². The fraction of sp³-hybridized carbons (Fsp3) is 0.333. The molecule has 3 aromatic heterocycles. The van der Waals surface area contributed by atoms with E-state index in [1.54, 1.807) is 12.4 Å². The molecule has 0 saturated heterocycles. The van der Waals surface area contributed by atoms with E-state index in [9.17, 15) is 0 Å². The highest BCUT2D eigenvalue weighted by Crippen LogP contribution is 2.26. The predicted octanol–water partition coefficient (Wildman–Crippen LogP) is 0.431. The second-order valence-corrected chi connectivity index (χ2v) is 4.42. The van der Waals surface area contributed by atoms with Crippen molar-refractivity contribution in [1.82, 2.24) is 24.7 Å². The van der Waals surface area contributed by atoms with Crippen molar-refractivity contribution in [3.05, 3.63) is 18.1 Å². The number of hydrogen-bond acceptors (Lipinski definition) is 8. The van der Waals surface area contributed by atoms with E-state index in [0.29, 0.717) is 35.9 Å². The number of nitrogens with zero attached hydrogens (tertiary/aromatic N) is 5. The number of aliphatic hydroxyl groups is 1. The average Bonchev–Trinajstić information content (AvgIpc) is 3.03. The topological polar surface area (TPSA) is 125 Å². The third-order valence-corrected chi connectivity index (χ3v) is 3.01. The van der Waals surface area contributed by atoms with Crippen molar-refractivity contribution < 1.29 is 14.5 Å². The van der Waals surface area contributed by atoms with E-state index in [1.807, 2.05) is 11.3 Å². The van der Waals surface area contributed by atoms with Gasteiger partial charge in [-0.3, -0.25) is 4.40 Å². The molecule has 3 rings (SSSR count). The summed E-state index contributed by atoms with van der Waals surface area (Å²) in [6, 6.07) is 0. The van der Waals surface area contributed by atoms with Crippen molar-refractivity contribution in [2.75, 3.05) is 18.9 Å². The van der Waals surface area contributed by atoms with Crippen LogP contribution in [-0.4, -0.2) is 43.0 Å². The molecule has 110 valence electrons. The molecule has 0 aliphatic rings. The molecule has 0 fully saturated rings. The van der Waals surface area contributed by atoms with Crippen LogP contribution in [0, 0.1) is 6.92 Å². The van der Waals surface area contributed by atoms with Gasteiger partial charge < -0.3 is 15.6 Å². The van der Waals surface area contributed by atoms with Crippen molar-refractivity contribution in [2.24, 2.45) is 0 Å². The van der Waals surface area contributed by atoms with Crippen LogP contribution in [0.1, 0.15) is 12.1 Å². The summed E-state index contributed by atoms with van der Waals surface area (Å²) in [7, 11) is 0. The molecule has 3 N–H and O–H groups in total. The summed E-state index contributed by atoms with van der Waals surface area (Å²) in [5.74, 6) is 0.642. The Hall–Kier alpha value is -2.68. The predicted molar refractivity (Wildman–Crippen MR) is 72.6 cm³/mol. The Morgan fingerprint density at radius 1 is 1.38 bits per heavy atom. The lowest BCUT2D eigenvalue weighted by Crippen LogP contribution is -2.02. The zero-order valence-electron chi connectivity index (χ0n) is 11.4. The van der Waals surface area contributed by atoms with Gasteiger partial charge in [-0.2, -0.15) is 0 Å². The maximum Gasteiger partial charge on any atom is 0.230 e. The van der Waals surface area contributed by atoms with Crippen LogP contribution in [-0.2, 0) is 0 Å². The van der Waals surface area contributed by atoms with Crippen molar-refractivity contribution >= 4 is 11.5 Å². The third kappa shape index (κ3) is 2.38. The Kier molecular flexibility index (Phi) is 3.40. The summed E-state index contributed by atoms with van der Waals surface area (Å²) in [4.78, 5) is 8.57. The molecule has 0 aliphatic carbocycles. The Balaban J connectivity index is 1.99. The van der Waals surface area contributed by atoms with Crippen LogP contribution in [0.5, 0.6) is 5.88 Å². The number of imidazole rings is 1. The lowest BCUT2D eigenvalue weighted by molar-refractivity contribution is 0.228. The highest BCUT2D eigenvalue weighted by atomic mass is 16.6. The lowest BCUT2D eigenvalue weighted by Gasteiger charge is -2.04. The SMILES string of the molecule is Cc1c(-c2nonc2N)nc2cnc(OCCCO)cn12. The molecule has 0 aromatic carbocycles. The molecule has 0 atom stereocenters. The van der Waals surface area contributed by atoms with Crippen LogP contribution < -0.4 is 10.5 Å². The smallest absolute Gasteiger partial charge is 0.230 e. The normalized spacial score (nSPS) is 11.1. The van der Waals surface area contributed by atoms with Gasteiger partial charge in [0.05, 0.1) is 19.0 Å². The number of ether oxygens (including phenoxy) is 1. The average molecular weight is 290 g/mol. The number of hydrogen-bond donors (Lipinski definition) is 2.